The van der Waals surface area contributed by atoms with Crippen molar-refractivity contribution >= 4 is 27.8 Å². The summed E-state index contributed by atoms with van der Waals surface area (Å²) in [6.45, 7) is 0. The van der Waals surface area contributed by atoms with Crippen molar-refractivity contribution in [2.24, 2.45) is 0 Å². The van der Waals surface area contributed by atoms with E-state index >= 15 is 0 Å². The lowest BCUT2D eigenvalue weighted by Gasteiger charge is -2.11. The molecular formula is C9H8BrNO4. The van der Waals surface area contributed by atoms with Crippen molar-refractivity contribution in [1.82, 2.24) is 5.32 Å². The second-order valence-corrected chi connectivity index (χ2v) is 4.17. The van der Waals surface area contributed by atoms with Gasteiger partial charge in [0.25, 0.3) is 5.91 Å². The number of halogens is 1. The highest BCUT2D eigenvalue weighted by Gasteiger charge is 2.51. The molecule has 0 unspecified atom stereocenters. The van der Waals surface area contributed by atoms with E-state index in [2.05, 4.69) is 21.2 Å². The standard InChI is InChI=1S/C9H8BrNO4/c10-6-5(1-4-15-6)7(12)11-9(2-3-9)8(13)14/h1,4H,2-3H2,(H,11,12)(H,13,14). The van der Waals surface area contributed by atoms with Gasteiger partial charge >= 0.3 is 5.97 Å². The van der Waals surface area contributed by atoms with E-state index in [0.29, 0.717) is 23.1 Å². The lowest BCUT2D eigenvalue weighted by Crippen LogP contribution is -2.43. The van der Waals surface area contributed by atoms with Gasteiger partial charge in [0.05, 0.1) is 11.8 Å². The van der Waals surface area contributed by atoms with E-state index < -0.39 is 17.4 Å². The largest absolute Gasteiger partial charge is 0.480 e. The highest BCUT2D eigenvalue weighted by molar-refractivity contribution is 9.10. The fourth-order valence-corrected chi connectivity index (χ4v) is 1.68. The van der Waals surface area contributed by atoms with E-state index in [1.54, 1.807) is 0 Å². The van der Waals surface area contributed by atoms with E-state index in [0.717, 1.165) is 0 Å². The van der Waals surface area contributed by atoms with Gasteiger partial charge in [-0.05, 0) is 34.8 Å². The van der Waals surface area contributed by atoms with Gasteiger partial charge in [0, 0.05) is 0 Å². The molecule has 0 aromatic carbocycles. The minimum atomic E-state index is -1.06. The summed E-state index contributed by atoms with van der Waals surface area (Å²) in [7, 11) is 0. The average molecular weight is 274 g/mol. The second-order valence-electron chi connectivity index (χ2n) is 3.45. The van der Waals surface area contributed by atoms with Gasteiger partial charge in [-0.1, -0.05) is 0 Å². The van der Waals surface area contributed by atoms with Crippen LogP contribution < -0.4 is 5.32 Å². The molecule has 2 rings (SSSR count). The predicted molar refractivity (Wildman–Crippen MR) is 53.5 cm³/mol. The number of rotatable bonds is 3. The number of carbonyl (C=O) groups is 2. The highest BCUT2D eigenvalue weighted by Crippen LogP contribution is 2.36. The van der Waals surface area contributed by atoms with Crippen LogP contribution in [0.15, 0.2) is 21.4 Å². The van der Waals surface area contributed by atoms with E-state index in [1.165, 1.54) is 12.3 Å². The summed E-state index contributed by atoms with van der Waals surface area (Å²) in [5.41, 5.74) is -0.754. The molecule has 80 valence electrons. The lowest BCUT2D eigenvalue weighted by atomic mass is 10.2. The van der Waals surface area contributed by atoms with Crippen LogP contribution in [0, 0.1) is 0 Å². The van der Waals surface area contributed by atoms with Crippen LogP contribution in [-0.2, 0) is 4.79 Å². The number of nitrogens with one attached hydrogen (secondary N) is 1. The second kappa shape index (κ2) is 3.37. The van der Waals surface area contributed by atoms with Crippen molar-refractivity contribution in [3.8, 4) is 0 Å². The van der Waals surface area contributed by atoms with Crippen molar-refractivity contribution in [3.05, 3.63) is 22.6 Å². The third-order valence-electron chi connectivity index (χ3n) is 2.37. The first-order chi connectivity index (χ1) is 7.05. The Bertz CT molecular complexity index is 422. The molecule has 2 N–H and O–H groups in total. The predicted octanol–water partition coefficient (Wildman–Crippen LogP) is 1.39. The maximum Gasteiger partial charge on any atom is 0.329 e. The first-order valence-electron chi connectivity index (χ1n) is 4.34. The topological polar surface area (TPSA) is 79.5 Å². The SMILES string of the molecule is O=C(NC1(C(=O)O)CC1)c1ccoc1Br. The van der Waals surface area contributed by atoms with Gasteiger partial charge in [-0.15, -0.1) is 0 Å². The van der Waals surface area contributed by atoms with E-state index in [9.17, 15) is 9.59 Å². The highest BCUT2D eigenvalue weighted by atomic mass is 79.9. The summed E-state index contributed by atoms with van der Waals surface area (Å²) < 4.78 is 5.20. The Kier molecular flexibility index (Phi) is 2.30. The minimum Gasteiger partial charge on any atom is -0.480 e. The molecule has 1 heterocycles. The van der Waals surface area contributed by atoms with E-state index in [1.807, 2.05) is 0 Å². The minimum absolute atomic E-state index is 0.307. The number of aliphatic carboxylic acids is 1. The van der Waals surface area contributed by atoms with Crippen LogP contribution in [0.4, 0.5) is 0 Å². The number of hydrogen-bond acceptors (Lipinski definition) is 3. The van der Waals surface area contributed by atoms with E-state index in [-0.39, 0.29) is 0 Å². The van der Waals surface area contributed by atoms with Crippen molar-refractivity contribution in [1.29, 1.82) is 0 Å². The number of amides is 1. The van der Waals surface area contributed by atoms with Crippen LogP contribution in [0.25, 0.3) is 0 Å². The number of carbonyl (C=O) groups excluding carboxylic acids is 1. The summed E-state index contributed by atoms with van der Waals surface area (Å²) in [5, 5.41) is 11.4. The number of carboxylic acids is 1. The molecule has 0 atom stereocenters. The molecule has 1 amide bonds. The molecule has 6 heteroatoms. The molecule has 1 aromatic rings. The van der Waals surface area contributed by atoms with Crippen LogP contribution in [0.5, 0.6) is 0 Å². The van der Waals surface area contributed by atoms with Gasteiger partial charge in [-0.3, -0.25) is 4.79 Å². The van der Waals surface area contributed by atoms with Crippen molar-refractivity contribution in [2.75, 3.05) is 0 Å². The Balaban J connectivity index is 2.11. The van der Waals surface area contributed by atoms with Crippen LogP contribution in [0.3, 0.4) is 0 Å². The molecule has 0 aliphatic heterocycles. The Hall–Kier alpha value is -1.30. The van der Waals surface area contributed by atoms with Gasteiger partial charge < -0.3 is 14.8 Å². The van der Waals surface area contributed by atoms with Crippen molar-refractivity contribution in [2.45, 2.75) is 18.4 Å². The summed E-state index contributed by atoms with van der Waals surface area (Å²) in [6, 6.07) is 1.48. The molecule has 1 aliphatic rings. The Morgan fingerprint density at radius 2 is 2.20 bits per heavy atom. The lowest BCUT2D eigenvalue weighted by molar-refractivity contribution is -0.140. The summed E-state index contributed by atoms with van der Waals surface area (Å²) in [6.07, 6.45) is 2.31. The maximum atomic E-state index is 11.6. The van der Waals surface area contributed by atoms with Gasteiger partial charge in [0.15, 0.2) is 4.67 Å². The Labute approximate surface area is 93.6 Å². The van der Waals surface area contributed by atoms with E-state index in [4.69, 9.17) is 9.52 Å². The van der Waals surface area contributed by atoms with Gasteiger partial charge in [-0.2, -0.15) is 0 Å². The van der Waals surface area contributed by atoms with Gasteiger partial charge in [0.1, 0.15) is 5.54 Å². The number of hydrogen-bond donors (Lipinski definition) is 2. The molecular weight excluding hydrogens is 266 g/mol. The van der Waals surface area contributed by atoms with Gasteiger partial charge in [0.2, 0.25) is 0 Å². The molecule has 0 saturated heterocycles. The zero-order valence-corrected chi connectivity index (χ0v) is 9.20. The molecule has 1 fully saturated rings. The molecule has 0 spiro atoms. The Morgan fingerprint density at radius 1 is 1.53 bits per heavy atom. The van der Waals surface area contributed by atoms with Crippen LogP contribution in [0.1, 0.15) is 23.2 Å². The monoisotopic (exact) mass is 273 g/mol. The third-order valence-corrected chi connectivity index (χ3v) is 2.99. The third kappa shape index (κ3) is 1.77. The normalized spacial score (nSPS) is 17.1. The van der Waals surface area contributed by atoms with Crippen LogP contribution in [0.2, 0.25) is 0 Å². The smallest absolute Gasteiger partial charge is 0.329 e. The molecule has 1 aliphatic carbocycles. The quantitative estimate of drug-likeness (QED) is 0.872. The Morgan fingerprint density at radius 3 is 2.60 bits per heavy atom. The first kappa shape index (κ1) is 10.2. The fraction of sp³-hybridized carbons (Fsp3) is 0.333. The fourth-order valence-electron chi connectivity index (χ4n) is 1.26. The number of carboxylic acid groups (broad SMARTS) is 1. The average Bonchev–Trinajstić information content (AvgIpc) is 2.82. The zero-order valence-electron chi connectivity index (χ0n) is 7.62. The summed E-state index contributed by atoms with van der Waals surface area (Å²) in [4.78, 5) is 22.4. The number of furan rings is 1. The summed E-state index contributed by atoms with van der Waals surface area (Å²) >= 11 is 3.06. The molecule has 5 nitrogen and oxygen atoms in total. The zero-order chi connectivity index (χ0) is 11.1. The van der Waals surface area contributed by atoms with Crippen LogP contribution in [-0.4, -0.2) is 22.5 Å². The molecule has 0 radical (unpaired) electrons. The molecule has 1 aromatic heterocycles. The summed E-state index contributed by atoms with van der Waals surface area (Å²) in [5.74, 6) is -1.43. The molecule has 15 heavy (non-hydrogen) atoms. The maximum absolute atomic E-state index is 11.6. The van der Waals surface area contributed by atoms with Crippen LogP contribution >= 0.6 is 15.9 Å². The van der Waals surface area contributed by atoms with Crippen molar-refractivity contribution in [3.63, 3.8) is 0 Å². The van der Waals surface area contributed by atoms with Gasteiger partial charge in [-0.25, -0.2) is 4.79 Å². The molecule has 1 saturated carbocycles. The first-order valence-corrected chi connectivity index (χ1v) is 5.13. The van der Waals surface area contributed by atoms with Crippen molar-refractivity contribution < 1.29 is 19.1 Å². The molecule has 0 bridgehead atoms.